The van der Waals surface area contributed by atoms with Crippen LogP contribution < -0.4 is 5.32 Å². The third-order valence-corrected chi connectivity index (χ3v) is 22.7. The van der Waals surface area contributed by atoms with Crippen molar-refractivity contribution in [3.63, 3.8) is 0 Å². The van der Waals surface area contributed by atoms with E-state index in [2.05, 4.69) is 105 Å². The number of ether oxygens (including phenoxy) is 2. The van der Waals surface area contributed by atoms with Crippen molar-refractivity contribution in [2.75, 3.05) is 26.4 Å². The largest absolute Gasteiger partial charge is 0.475 e. The third kappa shape index (κ3) is 18.2. The van der Waals surface area contributed by atoms with Crippen molar-refractivity contribution in [1.82, 2.24) is 5.32 Å². The van der Waals surface area contributed by atoms with Gasteiger partial charge in [-0.1, -0.05) is 129 Å². The normalized spacial score (nSPS) is 20.7. The fraction of sp³-hybridized carbons (Fsp3) is 0.660. The van der Waals surface area contributed by atoms with Crippen LogP contribution in [0.3, 0.4) is 0 Å². The number of hydrogen-bond acceptors (Lipinski definition) is 10. The molecule has 0 saturated heterocycles. The molecule has 0 bridgehead atoms. The summed E-state index contributed by atoms with van der Waals surface area (Å²) in [4.78, 5) is 25.6. The standard InChI is InChI=1S/C47H80NO10PSi2/c1-15-34-52-44(50)48-33-32-47(58-61(13,14)46(8,9)10,31-30-41-39(18-4)28-29-43(49)55-41)42(56-59(51,53-35-16-2)54-36-17-3)37-40(57-60(11,12)45(5,6)7)27-23-22-26-38-24-20-19-21-25-38/h15-17,22-23,26-31,38-42H,1-3,18-21,24-25,32-37H2,4-14H3,(H,48,50)/b26-22-,27-23-,31-30+/t39-,40-,41+,42+,47-/m0/s1. The molecule has 5 atom stereocenters. The molecule has 14 heteroatoms. The minimum atomic E-state index is -4.39. The van der Waals surface area contributed by atoms with Gasteiger partial charge in [0.25, 0.3) is 0 Å². The monoisotopic (exact) mass is 906 g/mol. The Balaban J connectivity index is 3.03. The van der Waals surface area contributed by atoms with E-state index < -0.39 is 60.4 Å². The van der Waals surface area contributed by atoms with Crippen LogP contribution >= 0.6 is 7.82 Å². The van der Waals surface area contributed by atoms with Crippen molar-refractivity contribution >= 4 is 36.5 Å². The highest BCUT2D eigenvalue weighted by Gasteiger charge is 2.51. The molecular weight excluding hydrogens is 826 g/mol. The lowest BCUT2D eigenvalue weighted by atomic mass is 9.86. The summed E-state index contributed by atoms with van der Waals surface area (Å²) >= 11 is 0. The molecule has 11 nitrogen and oxygen atoms in total. The van der Waals surface area contributed by atoms with E-state index in [-0.39, 0.29) is 55.2 Å². The number of cyclic esters (lactones) is 1. The third-order valence-electron chi connectivity index (χ3n) is 12.2. The molecule has 346 valence electrons. The number of hydrogen-bond donors (Lipinski definition) is 1. The predicted molar refractivity (Wildman–Crippen MR) is 253 cm³/mol. The van der Waals surface area contributed by atoms with E-state index in [0.717, 1.165) is 0 Å². The molecule has 1 aliphatic carbocycles. The first-order valence-electron chi connectivity index (χ1n) is 22.1. The van der Waals surface area contributed by atoms with Crippen LogP contribution in [-0.2, 0) is 41.3 Å². The Morgan fingerprint density at radius 3 is 2.08 bits per heavy atom. The number of carbonyl (C=O) groups excluding carboxylic acids is 2. The zero-order chi connectivity index (χ0) is 46.0. The second-order valence-corrected chi connectivity index (χ2v) is 30.2. The summed E-state index contributed by atoms with van der Waals surface area (Å²) < 4.78 is 59.4. The number of allylic oxidation sites excluding steroid dienone is 3. The lowest BCUT2D eigenvalue weighted by molar-refractivity contribution is -0.143. The topological polar surface area (TPSA) is 128 Å². The van der Waals surface area contributed by atoms with Crippen LogP contribution in [0.15, 0.2) is 86.6 Å². The van der Waals surface area contributed by atoms with Gasteiger partial charge in [-0.05, 0) is 73.9 Å². The number of phosphoric acid groups is 1. The van der Waals surface area contributed by atoms with Gasteiger partial charge in [0.2, 0.25) is 0 Å². The van der Waals surface area contributed by atoms with Crippen LogP contribution in [0.25, 0.3) is 0 Å². The molecule has 1 saturated carbocycles. The highest BCUT2D eigenvalue weighted by Crippen LogP contribution is 2.54. The molecule has 0 aromatic rings. The first-order valence-corrected chi connectivity index (χ1v) is 29.4. The Morgan fingerprint density at radius 1 is 0.918 bits per heavy atom. The number of phosphoric ester groups is 1. The van der Waals surface area contributed by atoms with Gasteiger partial charge in [-0.2, -0.15) is 0 Å². The lowest BCUT2D eigenvalue weighted by Crippen LogP contribution is -2.57. The van der Waals surface area contributed by atoms with E-state index in [9.17, 15) is 14.2 Å². The van der Waals surface area contributed by atoms with Gasteiger partial charge in [0.15, 0.2) is 16.6 Å². The van der Waals surface area contributed by atoms with Crippen LogP contribution in [-0.4, -0.2) is 79.0 Å². The van der Waals surface area contributed by atoms with E-state index in [4.69, 9.17) is 31.9 Å². The SMILES string of the molecule is C=CCOC(=O)NCC[C@](/C=C/[C@H]1OC(=O)C=C[C@@H]1CC)(O[Si](C)(C)C(C)(C)C)[C@@H](C[C@H](/C=C\C=C/C1CCCCC1)O[Si](C)(C)C(C)(C)C)OP(=O)(OCC=C)OCC=C. The Hall–Kier alpha value is -2.62. The first kappa shape index (κ1) is 54.5. The second-order valence-electron chi connectivity index (χ2n) is 19.1. The zero-order valence-corrected chi connectivity index (χ0v) is 42.3. The number of esters is 1. The Bertz CT molecular complexity index is 1570. The fourth-order valence-corrected chi connectivity index (χ4v) is 10.8. The summed E-state index contributed by atoms with van der Waals surface area (Å²) in [6.45, 7) is 34.7. The molecule has 61 heavy (non-hydrogen) atoms. The Kier molecular flexibility index (Phi) is 22.4. The predicted octanol–water partition coefficient (Wildman–Crippen LogP) is 12.5. The highest BCUT2D eigenvalue weighted by molar-refractivity contribution is 7.48. The smallest absolute Gasteiger partial charge is 0.454 e. The van der Waals surface area contributed by atoms with Gasteiger partial charge in [0.05, 0.1) is 19.3 Å². The molecule has 1 fully saturated rings. The summed E-state index contributed by atoms with van der Waals surface area (Å²) in [6.07, 6.45) is 24.0. The van der Waals surface area contributed by atoms with Gasteiger partial charge in [-0.3, -0.25) is 13.6 Å². The average molecular weight is 906 g/mol. The van der Waals surface area contributed by atoms with Crippen molar-refractivity contribution in [3.05, 3.63) is 86.6 Å². The summed E-state index contributed by atoms with van der Waals surface area (Å²) in [7, 11) is -9.67. The van der Waals surface area contributed by atoms with Gasteiger partial charge in [0.1, 0.15) is 24.4 Å². The van der Waals surface area contributed by atoms with Crippen LogP contribution in [0.4, 0.5) is 4.79 Å². The molecule has 0 unspecified atom stereocenters. The average Bonchev–Trinajstić information content (AvgIpc) is 3.18. The molecule has 0 aromatic heterocycles. The summed E-state index contributed by atoms with van der Waals surface area (Å²) in [5, 5.41) is 2.40. The zero-order valence-electron chi connectivity index (χ0n) is 39.4. The van der Waals surface area contributed by atoms with Gasteiger partial charge in [0, 0.05) is 25.0 Å². The molecule has 1 N–H and O–H groups in total. The number of carbonyl (C=O) groups is 2. The molecule has 0 spiro atoms. The van der Waals surface area contributed by atoms with Crippen molar-refractivity contribution in [2.45, 2.75) is 160 Å². The summed E-state index contributed by atoms with van der Waals surface area (Å²) in [6, 6.07) is 0. The maximum absolute atomic E-state index is 14.9. The quantitative estimate of drug-likeness (QED) is 0.0294. The van der Waals surface area contributed by atoms with Crippen LogP contribution in [0.5, 0.6) is 0 Å². The molecular formula is C47H80NO10PSi2. The molecule has 2 rings (SSSR count). The van der Waals surface area contributed by atoms with Gasteiger partial charge < -0.3 is 23.6 Å². The molecule has 1 aliphatic heterocycles. The second kappa shape index (κ2) is 25.0. The lowest BCUT2D eigenvalue weighted by Gasteiger charge is -2.49. The van der Waals surface area contributed by atoms with Crippen molar-refractivity contribution in [1.29, 1.82) is 0 Å². The van der Waals surface area contributed by atoms with Gasteiger partial charge >= 0.3 is 19.9 Å². The van der Waals surface area contributed by atoms with E-state index in [0.29, 0.717) is 12.3 Å². The fourth-order valence-electron chi connectivity index (χ4n) is 6.60. The van der Waals surface area contributed by atoms with Gasteiger partial charge in [-0.25, -0.2) is 14.2 Å². The van der Waals surface area contributed by atoms with Gasteiger partial charge in [-0.15, -0.1) is 13.2 Å². The highest BCUT2D eigenvalue weighted by atomic mass is 31.2. The minimum absolute atomic E-state index is 0.0283. The van der Waals surface area contributed by atoms with E-state index in [1.807, 2.05) is 37.3 Å². The molecule has 1 heterocycles. The Morgan fingerprint density at radius 2 is 1.52 bits per heavy atom. The van der Waals surface area contributed by atoms with E-state index >= 15 is 0 Å². The van der Waals surface area contributed by atoms with E-state index in [1.54, 1.807) is 0 Å². The van der Waals surface area contributed by atoms with Crippen LogP contribution in [0, 0.1) is 11.8 Å². The molecule has 2 aliphatic rings. The number of rotatable bonds is 26. The van der Waals surface area contributed by atoms with Crippen LogP contribution in [0.2, 0.25) is 36.3 Å². The van der Waals surface area contributed by atoms with Crippen molar-refractivity contribution in [3.8, 4) is 0 Å². The summed E-state index contributed by atoms with van der Waals surface area (Å²) in [5.41, 5.74) is -1.45. The first-order chi connectivity index (χ1) is 28.5. The Labute approximate surface area is 371 Å². The number of alkyl carbamates (subject to hydrolysis) is 1. The van der Waals surface area contributed by atoms with E-state index in [1.165, 1.54) is 56.4 Å². The minimum Gasteiger partial charge on any atom is -0.454 e. The molecule has 0 aromatic carbocycles. The number of amides is 1. The van der Waals surface area contributed by atoms with Crippen molar-refractivity contribution in [2.24, 2.45) is 11.8 Å². The number of nitrogens with one attached hydrogen (secondary N) is 1. The molecule has 1 amide bonds. The molecule has 0 radical (unpaired) electrons. The van der Waals surface area contributed by atoms with Crippen molar-refractivity contribution < 1.29 is 46.1 Å². The van der Waals surface area contributed by atoms with Crippen LogP contribution in [0.1, 0.15) is 99.8 Å². The maximum atomic E-state index is 14.9. The maximum Gasteiger partial charge on any atom is 0.475 e. The summed E-state index contributed by atoms with van der Waals surface area (Å²) in [5.74, 6) is -0.0391.